The molecule has 0 fully saturated rings. The van der Waals surface area contributed by atoms with Crippen molar-refractivity contribution >= 4 is 51.4 Å². The molecule has 3 rings (SSSR count). The largest absolute Gasteiger partial charge is 0.467 e. The first-order chi connectivity index (χ1) is 10.7. The summed E-state index contributed by atoms with van der Waals surface area (Å²) in [6.07, 6.45) is 1.64. The van der Waals surface area contributed by atoms with Gasteiger partial charge in [-0.15, -0.1) is 10.2 Å². The van der Waals surface area contributed by atoms with Gasteiger partial charge in [-0.25, -0.2) is 4.98 Å². The minimum absolute atomic E-state index is 0.390. The van der Waals surface area contributed by atoms with Gasteiger partial charge in [0.1, 0.15) is 16.1 Å². The van der Waals surface area contributed by atoms with Crippen LogP contribution in [0.1, 0.15) is 11.3 Å². The van der Waals surface area contributed by atoms with Gasteiger partial charge in [0.05, 0.1) is 12.8 Å². The Balaban J connectivity index is 1.55. The van der Waals surface area contributed by atoms with Gasteiger partial charge in [0.15, 0.2) is 4.34 Å². The first-order valence-corrected chi connectivity index (χ1v) is 8.79. The number of rotatable bonds is 6. The summed E-state index contributed by atoms with van der Waals surface area (Å²) in [7, 11) is 0. The fourth-order valence-corrected chi connectivity index (χ4v) is 3.84. The van der Waals surface area contributed by atoms with Crippen molar-refractivity contribution in [2.75, 3.05) is 5.32 Å². The topological polar surface area (TPSA) is 63.8 Å². The van der Waals surface area contributed by atoms with Crippen LogP contribution in [-0.2, 0) is 12.3 Å². The van der Waals surface area contributed by atoms with Crippen molar-refractivity contribution < 1.29 is 4.42 Å². The lowest BCUT2D eigenvalue weighted by molar-refractivity contribution is 0.518. The third-order valence-electron chi connectivity index (χ3n) is 2.59. The molecule has 1 N–H and O–H groups in total. The summed E-state index contributed by atoms with van der Waals surface area (Å²) in [5.41, 5.74) is 0.996. The minimum Gasteiger partial charge on any atom is -0.467 e. The van der Waals surface area contributed by atoms with Crippen LogP contribution in [0.25, 0.3) is 0 Å². The second-order valence-corrected chi connectivity index (χ2v) is 7.19. The average molecular weight is 373 g/mol. The number of nitrogens with one attached hydrogen (secondary N) is 1. The molecule has 0 unspecified atom stereocenters. The third kappa shape index (κ3) is 4.36. The number of aromatic nitrogens is 3. The van der Waals surface area contributed by atoms with Gasteiger partial charge in [-0.1, -0.05) is 46.3 Å². The molecule has 0 amide bonds. The van der Waals surface area contributed by atoms with Gasteiger partial charge in [0, 0.05) is 5.75 Å². The molecule has 0 spiro atoms. The van der Waals surface area contributed by atoms with E-state index in [1.165, 1.54) is 11.3 Å². The van der Waals surface area contributed by atoms with Crippen LogP contribution in [0.4, 0.5) is 5.13 Å². The predicted molar refractivity (Wildman–Crippen MR) is 89.8 cm³/mol. The molecule has 22 heavy (non-hydrogen) atoms. The van der Waals surface area contributed by atoms with Crippen molar-refractivity contribution in [3.8, 4) is 0 Å². The number of anilines is 1. The molecule has 3 aromatic heterocycles. The zero-order valence-electron chi connectivity index (χ0n) is 11.1. The molecule has 0 aliphatic heterocycles. The molecule has 114 valence electrons. The fourth-order valence-electron chi connectivity index (χ4n) is 1.66. The molecule has 0 aliphatic carbocycles. The monoisotopic (exact) mass is 372 g/mol. The van der Waals surface area contributed by atoms with Crippen LogP contribution in [0, 0.1) is 0 Å². The first-order valence-electron chi connectivity index (χ1n) is 6.23. The quantitative estimate of drug-likeness (QED) is 0.498. The lowest BCUT2D eigenvalue weighted by Crippen LogP contribution is -1.96. The maximum atomic E-state index is 5.88. The number of furan rings is 1. The zero-order valence-corrected chi connectivity index (χ0v) is 14.3. The summed E-state index contributed by atoms with van der Waals surface area (Å²) < 4.78 is 6.11. The molecular weight excluding hydrogens is 363 g/mol. The van der Waals surface area contributed by atoms with Gasteiger partial charge < -0.3 is 9.73 Å². The Bertz CT molecular complexity index is 728. The SMILES string of the molecule is Clc1cc(CSc2nnc(NCc3ccco3)s2)cc(Cl)n1. The zero-order chi connectivity index (χ0) is 15.4. The van der Waals surface area contributed by atoms with Crippen molar-refractivity contribution in [1.82, 2.24) is 15.2 Å². The molecule has 3 aromatic rings. The van der Waals surface area contributed by atoms with E-state index in [0.29, 0.717) is 22.6 Å². The van der Waals surface area contributed by atoms with Crippen LogP contribution < -0.4 is 5.32 Å². The van der Waals surface area contributed by atoms with Gasteiger partial charge in [-0.05, 0) is 29.8 Å². The van der Waals surface area contributed by atoms with E-state index in [-0.39, 0.29) is 0 Å². The maximum Gasteiger partial charge on any atom is 0.206 e. The van der Waals surface area contributed by atoms with Crippen LogP contribution in [0.3, 0.4) is 0 Å². The van der Waals surface area contributed by atoms with Crippen LogP contribution in [0.2, 0.25) is 10.3 Å². The molecule has 0 saturated heterocycles. The molecule has 0 bridgehead atoms. The van der Waals surface area contributed by atoms with Crippen LogP contribution >= 0.6 is 46.3 Å². The molecule has 0 radical (unpaired) electrons. The Morgan fingerprint density at radius 1 is 1.23 bits per heavy atom. The van der Waals surface area contributed by atoms with E-state index in [2.05, 4.69) is 20.5 Å². The summed E-state index contributed by atoms with van der Waals surface area (Å²) in [5, 5.41) is 12.9. The number of halogens is 2. The van der Waals surface area contributed by atoms with Gasteiger partial charge in [-0.3, -0.25) is 0 Å². The smallest absolute Gasteiger partial charge is 0.206 e. The highest BCUT2D eigenvalue weighted by Crippen LogP contribution is 2.29. The highest BCUT2D eigenvalue weighted by molar-refractivity contribution is 8.00. The summed E-state index contributed by atoms with van der Waals surface area (Å²) in [6, 6.07) is 7.33. The Kier molecular flexibility index (Phi) is 5.20. The molecule has 0 aliphatic rings. The van der Waals surface area contributed by atoms with E-state index in [1.807, 2.05) is 12.1 Å². The number of nitrogens with zero attached hydrogens (tertiary/aromatic N) is 3. The van der Waals surface area contributed by atoms with E-state index < -0.39 is 0 Å². The highest BCUT2D eigenvalue weighted by Gasteiger charge is 2.07. The number of hydrogen-bond acceptors (Lipinski definition) is 7. The molecule has 0 aromatic carbocycles. The number of pyridine rings is 1. The summed E-state index contributed by atoms with van der Waals surface area (Å²) in [6.45, 7) is 0.585. The van der Waals surface area contributed by atoms with E-state index in [0.717, 1.165) is 20.8 Å². The average Bonchev–Trinajstić information content (AvgIpc) is 3.13. The maximum absolute atomic E-state index is 5.88. The molecule has 3 heterocycles. The van der Waals surface area contributed by atoms with E-state index in [4.69, 9.17) is 27.6 Å². The van der Waals surface area contributed by atoms with Crippen molar-refractivity contribution in [2.24, 2.45) is 0 Å². The Labute approximate surface area is 145 Å². The second-order valence-electron chi connectivity index (χ2n) is 4.22. The lowest BCUT2D eigenvalue weighted by atomic mass is 10.3. The summed E-state index contributed by atoms with van der Waals surface area (Å²) >= 11 is 14.8. The molecular formula is C13H10Cl2N4OS2. The standard InChI is InChI=1S/C13H10Cl2N4OS2/c14-10-4-8(5-11(15)17-10)7-21-13-19-18-12(22-13)16-6-9-2-1-3-20-9/h1-5H,6-7H2,(H,16,18). The van der Waals surface area contributed by atoms with E-state index in [1.54, 1.807) is 30.2 Å². The van der Waals surface area contributed by atoms with Gasteiger partial charge in [0.2, 0.25) is 5.13 Å². The van der Waals surface area contributed by atoms with Gasteiger partial charge in [0.25, 0.3) is 0 Å². The van der Waals surface area contributed by atoms with Crippen molar-refractivity contribution in [1.29, 1.82) is 0 Å². The number of hydrogen-bond donors (Lipinski definition) is 1. The fraction of sp³-hybridized carbons (Fsp3) is 0.154. The Hall–Kier alpha value is -1.28. The normalized spacial score (nSPS) is 10.8. The Morgan fingerprint density at radius 2 is 2.05 bits per heavy atom. The van der Waals surface area contributed by atoms with Crippen molar-refractivity contribution in [3.05, 3.63) is 52.2 Å². The van der Waals surface area contributed by atoms with Gasteiger partial charge >= 0.3 is 0 Å². The summed E-state index contributed by atoms with van der Waals surface area (Å²) in [4.78, 5) is 3.92. The predicted octanol–water partition coefficient (Wildman–Crippen LogP) is 4.74. The molecule has 9 heteroatoms. The molecule has 0 saturated carbocycles. The van der Waals surface area contributed by atoms with Crippen LogP contribution in [-0.4, -0.2) is 15.2 Å². The van der Waals surface area contributed by atoms with E-state index >= 15 is 0 Å². The summed E-state index contributed by atoms with van der Waals surface area (Å²) in [5.74, 6) is 1.56. The molecule has 5 nitrogen and oxygen atoms in total. The van der Waals surface area contributed by atoms with Gasteiger partial charge in [-0.2, -0.15) is 0 Å². The van der Waals surface area contributed by atoms with E-state index in [9.17, 15) is 0 Å². The van der Waals surface area contributed by atoms with Crippen molar-refractivity contribution in [2.45, 2.75) is 16.6 Å². The Morgan fingerprint density at radius 3 is 2.77 bits per heavy atom. The second kappa shape index (κ2) is 7.32. The minimum atomic E-state index is 0.390. The number of thioether (sulfide) groups is 1. The third-order valence-corrected chi connectivity index (χ3v) is 5.06. The molecule has 0 atom stereocenters. The van der Waals surface area contributed by atoms with Crippen LogP contribution in [0.5, 0.6) is 0 Å². The highest BCUT2D eigenvalue weighted by atomic mass is 35.5. The van der Waals surface area contributed by atoms with Crippen LogP contribution in [0.15, 0.2) is 39.3 Å². The van der Waals surface area contributed by atoms with Crippen molar-refractivity contribution in [3.63, 3.8) is 0 Å². The lowest BCUT2D eigenvalue weighted by Gasteiger charge is -2.00. The first kappa shape index (κ1) is 15.6.